The Bertz CT molecular complexity index is 1130. The predicted molar refractivity (Wildman–Crippen MR) is 114 cm³/mol. The molecule has 0 amide bonds. The molecule has 2 aromatic carbocycles. The van der Waals surface area contributed by atoms with Crippen molar-refractivity contribution in [2.24, 2.45) is 5.92 Å². The fourth-order valence-electron chi connectivity index (χ4n) is 4.94. The van der Waals surface area contributed by atoms with Crippen molar-refractivity contribution in [1.82, 2.24) is 9.38 Å². The molecule has 2 aromatic heterocycles. The van der Waals surface area contributed by atoms with Gasteiger partial charge in [0.15, 0.2) is 0 Å². The first kappa shape index (κ1) is 16.6. The van der Waals surface area contributed by atoms with Gasteiger partial charge in [0, 0.05) is 23.2 Å². The van der Waals surface area contributed by atoms with Gasteiger partial charge in [-0.3, -0.25) is 4.40 Å². The summed E-state index contributed by atoms with van der Waals surface area (Å²) in [5.74, 6) is 1.43. The highest BCUT2D eigenvalue weighted by atomic mass is 15.0. The number of rotatable bonds is 3. The SMILES string of the molecule is CC/C=C/C1CCC(c2cccc3c2c2ccccc2c2nccn32)CC1. The molecule has 2 nitrogen and oxygen atoms in total. The lowest BCUT2D eigenvalue weighted by Crippen LogP contribution is -2.12. The molecule has 136 valence electrons. The van der Waals surface area contributed by atoms with Crippen molar-refractivity contribution in [2.45, 2.75) is 44.9 Å². The average molecular weight is 354 g/mol. The summed E-state index contributed by atoms with van der Waals surface area (Å²) in [5, 5.41) is 4.02. The van der Waals surface area contributed by atoms with Crippen LogP contribution in [0.2, 0.25) is 0 Å². The van der Waals surface area contributed by atoms with E-state index in [2.05, 4.69) is 77.1 Å². The zero-order valence-electron chi connectivity index (χ0n) is 15.9. The third-order valence-electron chi connectivity index (χ3n) is 6.27. The third-order valence-corrected chi connectivity index (χ3v) is 6.27. The van der Waals surface area contributed by atoms with Crippen molar-refractivity contribution in [3.8, 4) is 0 Å². The van der Waals surface area contributed by atoms with Gasteiger partial charge in [-0.2, -0.15) is 0 Å². The van der Waals surface area contributed by atoms with Crippen LogP contribution in [0.4, 0.5) is 0 Å². The van der Waals surface area contributed by atoms with Crippen LogP contribution in [0.3, 0.4) is 0 Å². The molecule has 0 spiro atoms. The van der Waals surface area contributed by atoms with Crippen molar-refractivity contribution in [2.75, 3.05) is 0 Å². The lowest BCUT2D eigenvalue weighted by molar-refractivity contribution is 0.377. The number of hydrogen-bond donors (Lipinski definition) is 0. The van der Waals surface area contributed by atoms with Gasteiger partial charge in [-0.15, -0.1) is 0 Å². The summed E-state index contributed by atoms with van der Waals surface area (Å²) >= 11 is 0. The van der Waals surface area contributed by atoms with Gasteiger partial charge in [0.2, 0.25) is 0 Å². The number of pyridine rings is 1. The largest absolute Gasteiger partial charge is 0.299 e. The summed E-state index contributed by atoms with van der Waals surface area (Å²) in [6, 6.07) is 15.6. The summed E-state index contributed by atoms with van der Waals surface area (Å²) < 4.78 is 2.26. The van der Waals surface area contributed by atoms with E-state index in [0.29, 0.717) is 5.92 Å². The van der Waals surface area contributed by atoms with E-state index in [9.17, 15) is 0 Å². The van der Waals surface area contributed by atoms with Gasteiger partial charge in [0.25, 0.3) is 0 Å². The van der Waals surface area contributed by atoms with Crippen LogP contribution in [-0.4, -0.2) is 9.38 Å². The number of nitrogens with zero attached hydrogens (tertiary/aromatic N) is 2. The van der Waals surface area contributed by atoms with Crippen molar-refractivity contribution in [1.29, 1.82) is 0 Å². The summed E-state index contributed by atoms with van der Waals surface area (Å²) in [6.07, 6.45) is 15.1. The molecule has 27 heavy (non-hydrogen) atoms. The second-order valence-corrected chi connectivity index (χ2v) is 7.86. The first-order chi connectivity index (χ1) is 13.4. The second-order valence-electron chi connectivity index (χ2n) is 7.86. The number of aromatic nitrogens is 2. The van der Waals surface area contributed by atoms with E-state index >= 15 is 0 Å². The van der Waals surface area contributed by atoms with Crippen LogP contribution in [0.1, 0.15) is 50.5 Å². The van der Waals surface area contributed by atoms with E-state index in [-0.39, 0.29) is 0 Å². The van der Waals surface area contributed by atoms with Crippen LogP contribution in [0, 0.1) is 5.92 Å². The minimum Gasteiger partial charge on any atom is -0.299 e. The lowest BCUT2D eigenvalue weighted by atomic mass is 9.77. The monoisotopic (exact) mass is 354 g/mol. The van der Waals surface area contributed by atoms with E-state index in [4.69, 9.17) is 0 Å². The summed E-state index contributed by atoms with van der Waals surface area (Å²) in [5.41, 5.74) is 3.87. The maximum absolute atomic E-state index is 4.63. The molecule has 0 unspecified atom stereocenters. The van der Waals surface area contributed by atoms with Crippen molar-refractivity contribution in [3.05, 3.63) is 72.6 Å². The molecule has 0 bridgehead atoms. The molecule has 1 fully saturated rings. The minimum atomic E-state index is 0.657. The maximum atomic E-state index is 4.63. The summed E-state index contributed by atoms with van der Waals surface area (Å²) in [4.78, 5) is 4.63. The molecule has 1 saturated carbocycles. The van der Waals surface area contributed by atoms with Gasteiger partial charge in [0.1, 0.15) is 5.65 Å². The van der Waals surface area contributed by atoms with Crippen LogP contribution >= 0.6 is 0 Å². The number of allylic oxidation sites excluding steroid dienone is 2. The second kappa shape index (κ2) is 6.84. The van der Waals surface area contributed by atoms with Crippen molar-refractivity contribution in [3.63, 3.8) is 0 Å². The van der Waals surface area contributed by atoms with Crippen LogP contribution in [0.15, 0.2) is 67.0 Å². The molecule has 0 aliphatic heterocycles. The molecule has 4 aromatic rings. The first-order valence-corrected chi connectivity index (χ1v) is 10.3. The molecule has 0 radical (unpaired) electrons. The van der Waals surface area contributed by atoms with Crippen LogP contribution in [0.5, 0.6) is 0 Å². The van der Waals surface area contributed by atoms with Crippen LogP contribution < -0.4 is 0 Å². The quantitative estimate of drug-likeness (QED) is 0.289. The highest BCUT2D eigenvalue weighted by Crippen LogP contribution is 2.41. The standard InChI is InChI=1S/C25H26N2/c1-2-3-7-18-12-14-19(15-13-18)20-10-6-11-23-24(20)21-8-4-5-9-22(21)25-26-16-17-27(23)25/h3-11,16-19H,2,12-15H2,1H3/b7-3+. The average Bonchev–Trinajstić information content (AvgIpc) is 3.23. The number of benzene rings is 2. The third kappa shape index (κ3) is 2.75. The Balaban J connectivity index is 1.66. The van der Waals surface area contributed by atoms with Crippen LogP contribution in [0.25, 0.3) is 27.3 Å². The van der Waals surface area contributed by atoms with E-state index in [1.165, 1.54) is 52.9 Å². The Labute approximate surface area is 160 Å². The molecule has 1 aliphatic carbocycles. The number of imidazole rings is 1. The van der Waals surface area contributed by atoms with Gasteiger partial charge in [-0.05, 0) is 61.0 Å². The van der Waals surface area contributed by atoms with Gasteiger partial charge < -0.3 is 0 Å². The van der Waals surface area contributed by atoms with E-state index in [0.717, 1.165) is 18.0 Å². The van der Waals surface area contributed by atoms with E-state index in [1.54, 1.807) is 0 Å². The molecular formula is C25H26N2. The highest BCUT2D eigenvalue weighted by molar-refractivity contribution is 6.13. The predicted octanol–water partition coefficient (Wildman–Crippen LogP) is 6.88. The molecule has 0 atom stereocenters. The van der Waals surface area contributed by atoms with Gasteiger partial charge in [-0.1, -0.05) is 55.5 Å². The molecule has 2 heteroatoms. The van der Waals surface area contributed by atoms with E-state index < -0.39 is 0 Å². The first-order valence-electron chi connectivity index (χ1n) is 10.3. The molecule has 1 aliphatic rings. The Kier molecular flexibility index (Phi) is 4.20. The topological polar surface area (TPSA) is 17.3 Å². The fourth-order valence-corrected chi connectivity index (χ4v) is 4.94. The van der Waals surface area contributed by atoms with Crippen molar-refractivity contribution >= 4 is 27.3 Å². The van der Waals surface area contributed by atoms with Gasteiger partial charge in [-0.25, -0.2) is 4.98 Å². The van der Waals surface area contributed by atoms with Crippen molar-refractivity contribution < 1.29 is 0 Å². The van der Waals surface area contributed by atoms with E-state index in [1.807, 2.05) is 6.20 Å². The van der Waals surface area contributed by atoms with Gasteiger partial charge >= 0.3 is 0 Å². The normalized spacial score (nSPS) is 20.9. The molecular weight excluding hydrogens is 328 g/mol. The van der Waals surface area contributed by atoms with Crippen LogP contribution in [-0.2, 0) is 0 Å². The summed E-state index contributed by atoms with van der Waals surface area (Å²) in [6.45, 7) is 2.22. The molecule has 5 rings (SSSR count). The molecule has 0 N–H and O–H groups in total. The zero-order valence-corrected chi connectivity index (χ0v) is 15.9. The Morgan fingerprint density at radius 3 is 2.63 bits per heavy atom. The summed E-state index contributed by atoms with van der Waals surface area (Å²) in [7, 11) is 0. The molecule has 2 heterocycles. The smallest absolute Gasteiger partial charge is 0.145 e. The lowest BCUT2D eigenvalue weighted by Gasteiger charge is -2.28. The minimum absolute atomic E-state index is 0.657. The molecule has 0 saturated heterocycles. The zero-order chi connectivity index (χ0) is 18.2. The number of fused-ring (bicyclic) bond motifs is 6. The Morgan fingerprint density at radius 2 is 1.81 bits per heavy atom. The highest BCUT2D eigenvalue weighted by Gasteiger charge is 2.23. The Hall–Kier alpha value is -2.61. The maximum Gasteiger partial charge on any atom is 0.145 e. The number of hydrogen-bond acceptors (Lipinski definition) is 1. The fraction of sp³-hybridized carbons (Fsp3) is 0.320. The van der Waals surface area contributed by atoms with Gasteiger partial charge in [0.05, 0.1) is 5.52 Å². The Morgan fingerprint density at radius 1 is 1.00 bits per heavy atom.